The number of nitrogens with zero attached hydrogens (tertiary/aromatic N) is 2. The van der Waals surface area contributed by atoms with Crippen LogP contribution in [0.2, 0.25) is 0 Å². The van der Waals surface area contributed by atoms with Crippen molar-refractivity contribution < 1.29 is 9.59 Å². The minimum Gasteiger partial charge on any atom is -0.345 e. The Kier molecular flexibility index (Phi) is 5.80. The number of carbonyl (C=O) groups excluding carboxylic acids is 2. The number of aryl methyl sites for hydroxylation is 2. The third-order valence-corrected chi connectivity index (χ3v) is 4.73. The minimum absolute atomic E-state index is 0.0301. The second-order valence-electron chi connectivity index (χ2n) is 6.67. The van der Waals surface area contributed by atoms with Crippen LogP contribution in [-0.2, 0) is 16.6 Å². The highest BCUT2D eigenvalue weighted by molar-refractivity contribution is 5.96. The van der Waals surface area contributed by atoms with Gasteiger partial charge in [-0.15, -0.1) is 0 Å². The number of hydrogen-bond acceptors (Lipinski definition) is 3. The molecule has 0 unspecified atom stereocenters. The number of amides is 2. The van der Waals surface area contributed by atoms with E-state index in [4.69, 9.17) is 0 Å². The smallest absolute Gasteiger partial charge is 0.247 e. The lowest BCUT2D eigenvalue weighted by Crippen LogP contribution is -2.42. The highest BCUT2D eigenvalue weighted by Gasteiger charge is 2.21. The van der Waals surface area contributed by atoms with Crippen molar-refractivity contribution in [3.63, 3.8) is 0 Å². The SMILES string of the molecule is Cc1nn(C)c(NC(=O)[C@@H](C)NC(=O)CC2CCCCC2)c1C. The van der Waals surface area contributed by atoms with E-state index in [0.29, 0.717) is 18.2 Å². The van der Waals surface area contributed by atoms with E-state index >= 15 is 0 Å². The Labute approximate surface area is 138 Å². The Balaban J connectivity index is 1.85. The summed E-state index contributed by atoms with van der Waals surface area (Å²) in [6.07, 6.45) is 6.49. The molecular formula is C17H28N4O2. The Morgan fingerprint density at radius 1 is 1.26 bits per heavy atom. The van der Waals surface area contributed by atoms with Crippen molar-refractivity contribution in [1.29, 1.82) is 0 Å². The van der Waals surface area contributed by atoms with Gasteiger partial charge in [-0.2, -0.15) is 5.10 Å². The van der Waals surface area contributed by atoms with Gasteiger partial charge in [-0.05, 0) is 39.5 Å². The Morgan fingerprint density at radius 2 is 1.91 bits per heavy atom. The van der Waals surface area contributed by atoms with Crippen molar-refractivity contribution in [2.24, 2.45) is 13.0 Å². The Bertz CT molecular complexity index is 573. The molecule has 23 heavy (non-hydrogen) atoms. The van der Waals surface area contributed by atoms with Crippen molar-refractivity contribution in [3.05, 3.63) is 11.3 Å². The maximum Gasteiger partial charge on any atom is 0.247 e. The predicted octanol–water partition coefficient (Wildman–Crippen LogP) is 2.45. The second kappa shape index (κ2) is 7.62. The molecule has 1 aliphatic carbocycles. The van der Waals surface area contributed by atoms with Gasteiger partial charge in [-0.3, -0.25) is 14.3 Å². The molecule has 1 aromatic rings. The zero-order valence-electron chi connectivity index (χ0n) is 14.6. The molecule has 0 aliphatic heterocycles. The first kappa shape index (κ1) is 17.5. The molecule has 1 aromatic heterocycles. The van der Waals surface area contributed by atoms with Crippen LogP contribution in [-0.4, -0.2) is 27.6 Å². The average molecular weight is 320 g/mol. The van der Waals surface area contributed by atoms with Crippen LogP contribution in [0.4, 0.5) is 5.82 Å². The third-order valence-electron chi connectivity index (χ3n) is 4.73. The van der Waals surface area contributed by atoms with E-state index in [-0.39, 0.29) is 11.8 Å². The first-order valence-corrected chi connectivity index (χ1v) is 8.49. The lowest BCUT2D eigenvalue weighted by Gasteiger charge is -2.22. The van der Waals surface area contributed by atoms with Gasteiger partial charge in [0, 0.05) is 19.0 Å². The Hall–Kier alpha value is -1.85. The number of rotatable bonds is 5. The van der Waals surface area contributed by atoms with E-state index in [9.17, 15) is 9.59 Å². The fraction of sp³-hybridized carbons (Fsp3) is 0.706. The number of hydrogen-bond donors (Lipinski definition) is 2. The summed E-state index contributed by atoms with van der Waals surface area (Å²) in [7, 11) is 1.79. The molecule has 1 atom stereocenters. The van der Waals surface area contributed by atoms with Crippen molar-refractivity contribution in [1.82, 2.24) is 15.1 Å². The van der Waals surface area contributed by atoms with Crippen molar-refractivity contribution in [3.8, 4) is 0 Å². The standard InChI is InChI=1S/C17H28N4O2/c1-11-12(2)20-21(4)16(11)19-17(23)13(3)18-15(22)10-14-8-6-5-7-9-14/h13-14H,5-10H2,1-4H3,(H,18,22)(H,19,23)/t13-/m1/s1. The summed E-state index contributed by atoms with van der Waals surface area (Å²) >= 11 is 0. The molecule has 2 amide bonds. The van der Waals surface area contributed by atoms with Gasteiger partial charge >= 0.3 is 0 Å². The third kappa shape index (κ3) is 4.56. The monoisotopic (exact) mass is 320 g/mol. The molecule has 0 radical (unpaired) electrons. The van der Waals surface area contributed by atoms with E-state index in [2.05, 4.69) is 15.7 Å². The molecular weight excluding hydrogens is 292 g/mol. The van der Waals surface area contributed by atoms with E-state index in [1.54, 1.807) is 18.7 Å². The van der Waals surface area contributed by atoms with Gasteiger partial charge in [-0.1, -0.05) is 19.3 Å². The summed E-state index contributed by atoms with van der Waals surface area (Å²) in [5.41, 5.74) is 1.83. The molecule has 1 fully saturated rings. The topological polar surface area (TPSA) is 76.0 Å². The normalized spacial score (nSPS) is 16.9. The van der Waals surface area contributed by atoms with Gasteiger partial charge < -0.3 is 10.6 Å². The fourth-order valence-corrected chi connectivity index (χ4v) is 3.18. The molecule has 0 saturated heterocycles. The molecule has 2 N–H and O–H groups in total. The summed E-state index contributed by atoms with van der Waals surface area (Å²) in [5.74, 6) is 0.910. The molecule has 6 heteroatoms. The molecule has 1 saturated carbocycles. The maximum atomic E-state index is 12.3. The van der Waals surface area contributed by atoms with Crippen molar-refractivity contribution in [2.45, 2.75) is 65.3 Å². The zero-order valence-corrected chi connectivity index (χ0v) is 14.6. The number of aromatic nitrogens is 2. The largest absolute Gasteiger partial charge is 0.345 e. The van der Waals surface area contributed by atoms with Crippen LogP contribution in [0.15, 0.2) is 0 Å². The van der Waals surface area contributed by atoms with Crippen LogP contribution < -0.4 is 10.6 Å². The molecule has 0 spiro atoms. The molecule has 2 rings (SSSR count). The minimum atomic E-state index is -0.555. The number of carbonyl (C=O) groups is 2. The highest BCUT2D eigenvalue weighted by atomic mass is 16.2. The van der Waals surface area contributed by atoms with Gasteiger partial charge in [0.2, 0.25) is 11.8 Å². The van der Waals surface area contributed by atoms with E-state index in [1.165, 1.54) is 19.3 Å². The summed E-state index contributed by atoms with van der Waals surface area (Å²) in [6, 6.07) is -0.555. The van der Waals surface area contributed by atoms with Gasteiger partial charge in [0.1, 0.15) is 11.9 Å². The molecule has 6 nitrogen and oxygen atoms in total. The molecule has 0 aromatic carbocycles. The fourth-order valence-electron chi connectivity index (χ4n) is 3.18. The summed E-state index contributed by atoms with van der Waals surface area (Å²) in [6.45, 7) is 5.54. The summed E-state index contributed by atoms with van der Waals surface area (Å²) in [4.78, 5) is 24.4. The summed E-state index contributed by atoms with van der Waals surface area (Å²) in [5, 5.41) is 9.94. The van der Waals surface area contributed by atoms with Crippen LogP contribution in [0.3, 0.4) is 0 Å². The maximum absolute atomic E-state index is 12.3. The van der Waals surface area contributed by atoms with Crippen LogP contribution in [0.5, 0.6) is 0 Å². The molecule has 1 heterocycles. The molecule has 0 bridgehead atoms. The predicted molar refractivity (Wildman–Crippen MR) is 90.1 cm³/mol. The van der Waals surface area contributed by atoms with Crippen LogP contribution >= 0.6 is 0 Å². The van der Waals surface area contributed by atoms with Gasteiger partial charge in [0.05, 0.1) is 5.69 Å². The highest BCUT2D eigenvalue weighted by Crippen LogP contribution is 2.26. The van der Waals surface area contributed by atoms with Gasteiger partial charge in [-0.25, -0.2) is 0 Å². The number of nitrogens with one attached hydrogen (secondary N) is 2. The number of anilines is 1. The van der Waals surface area contributed by atoms with Gasteiger partial charge in [0.15, 0.2) is 0 Å². The summed E-state index contributed by atoms with van der Waals surface area (Å²) < 4.78 is 1.65. The molecule has 128 valence electrons. The van der Waals surface area contributed by atoms with Crippen LogP contribution in [0.25, 0.3) is 0 Å². The van der Waals surface area contributed by atoms with Crippen molar-refractivity contribution in [2.75, 3.05) is 5.32 Å². The molecule has 1 aliphatic rings. The zero-order chi connectivity index (χ0) is 17.0. The lowest BCUT2D eigenvalue weighted by atomic mass is 9.87. The lowest BCUT2D eigenvalue weighted by molar-refractivity contribution is -0.127. The van der Waals surface area contributed by atoms with Crippen LogP contribution in [0.1, 0.15) is 56.7 Å². The first-order valence-electron chi connectivity index (χ1n) is 8.49. The van der Waals surface area contributed by atoms with E-state index < -0.39 is 6.04 Å². The average Bonchev–Trinajstić information content (AvgIpc) is 2.74. The van der Waals surface area contributed by atoms with E-state index in [1.807, 2.05) is 13.8 Å². The first-order chi connectivity index (χ1) is 10.9. The Morgan fingerprint density at radius 3 is 2.48 bits per heavy atom. The second-order valence-corrected chi connectivity index (χ2v) is 6.67. The van der Waals surface area contributed by atoms with E-state index in [0.717, 1.165) is 24.1 Å². The van der Waals surface area contributed by atoms with Crippen LogP contribution in [0, 0.1) is 19.8 Å². The van der Waals surface area contributed by atoms with Gasteiger partial charge in [0.25, 0.3) is 0 Å². The quantitative estimate of drug-likeness (QED) is 0.875. The van der Waals surface area contributed by atoms with Crippen molar-refractivity contribution >= 4 is 17.6 Å².